The van der Waals surface area contributed by atoms with E-state index in [0.717, 1.165) is 61.9 Å². The standard InChI is InChI=1S/C45H35N3O2/c1-44(2)33-17-11-12-18-37(33)49-38-25-30(19-22-34(38)44)31-20-23-35-39(26-31)50-40-27-32(21-24-36(40)45(35,3)4)43-47-41(28-13-7-5-8-14-28)46-42(48-43)29-15-9-6-10-16-29/h5-27H,1-4H3. The molecule has 0 atom stereocenters. The van der Waals surface area contributed by atoms with Gasteiger partial charge in [0.1, 0.15) is 23.0 Å². The summed E-state index contributed by atoms with van der Waals surface area (Å²) >= 11 is 0. The number of para-hydroxylation sites is 1. The molecule has 0 radical (unpaired) electrons. The Morgan fingerprint density at radius 2 is 0.700 bits per heavy atom. The van der Waals surface area contributed by atoms with E-state index in [2.05, 4.69) is 100 Å². The van der Waals surface area contributed by atoms with E-state index in [1.54, 1.807) is 0 Å². The lowest BCUT2D eigenvalue weighted by molar-refractivity contribution is 0.417. The Hall–Kier alpha value is -6.07. The predicted molar refractivity (Wildman–Crippen MR) is 199 cm³/mol. The van der Waals surface area contributed by atoms with E-state index in [1.165, 1.54) is 11.1 Å². The minimum atomic E-state index is -0.282. The van der Waals surface area contributed by atoms with Crippen molar-refractivity contribution in [3.63, 3.8) is 0 Å². The summed E-state index contributed by atoms with van der Waals surface area (Å²) in [4.78, 5) is 14.8. The number of hydrogen-bond donors (Lipinski definition) is 0. The summed E-state index contributed by atoms with van der Waals surface area (Å²) < 4.78 is 13.2. The second-order valence-corrected chi connectivity index (χ2v) is 14.1. The van der Waals surface area contributed by atoms with E-state index in [4.69, 9.17) is 24.4 Å². The summed E-state index contributed by atoms with van der Waals surface area (Å²) in [5.74, 6) is 5.30. The van der Waals surface area contributed by atoms with Crippen molar-refractivity contribution >= 4 is 0 Å². The topological polar surface area (TPSA) is 57.1 Å². The first-order valence-corrected chi connectivity index (χ1v) is 17.0. The van der Waals surface area contributed by atoms with E-state index in [9.17, 15) is 0 Å². The van der Waals surface area contributed by atoms with E-state index in [1.807, 2.05) is 66.7 Å². The Bertz CT molecular complexity index is 2380. The van der Waals surface area contributed by atoms with Gasteiger partial charge in [0.15, 0.2) is 17.5 Å². The van der Waals surface area contributed by atoms with Gasteiger partial charge in [0.2, 0.25) is 0 Å². The first-order valence-electron chi connectivity index (χ1n) is 17.0. The molecule has 242 valence electrons. The highest BCUT2D eigenvalue weighted by Gasteiger charge is 2.36. The molecule has 0 saturated carbocycles. The minimum absolute atomic E-state index is 0.157. The smallest absolute Gasteiger partial charge is 0.164 e. The number of fused-ring (bicyclic) bond motifs is 4. The molecule has 5 heteroatoms. The average Bonchev–Trinajstić information content (AvgIpc) is 3.15. The first-order chi connectivity index (χ1) is 24.3. The third-order valence-corrected chi connectivity index (χ3v) is 10.3. The van der Waals surface area contributed by atoms with Crippen LogP contribution in [0.4, 0.5) is 0 Å². The minimum Gasteiger partial charge on any atom is -0.457 e. The molecule has 9 rings (SSSR count). The van der Waals surface area contributed by atoms with Gasteiger partial charge >= 0.3 is 0 Å². The first kappa shape index (κ1) is 30.0. The van der Waals surface area contributed by atoms with Gasteiger partial charge in [0, 0.05) is 49.8 Å². The quantitative estimate of drug-likeness (QED) is 0.190. The number of ether oxygens (including phenoxy) is 2. The molecule has 6 aromatic carbocycles. The Labute approximate surface area is 292 Å². The summed E-state index contributed by atoms with van der Waals surface area (Å²) in [5.41, 5.74) is 9.09. The highest BCUT2D eigenvalue weighted by Crippen LogP contribution is 2.51. The summed E-state index contributed by atoms with van der Waals surface area (Å²) in [5, 5.41) is 0. The summed E-state index contributed by atoms with van der Waals surface area (Å²) in [6.07, 6.45) is 0. The van der Waals surface area contributed by atoms with Crippen LogP contribution in [0.3, 0.4) is 0 Å². The normalized spacial score (nSPS) is 14.6. The molecule has 0 aliphatic carbocycles. The molecule has 0 amide bonds. The summed E-state index contributed by atoms with van der Waals surface area (Å²) in [6.45, 7) is 9.02. The highest BCUT2D eigenvalue weighted by atomic mass is 16.5. The van der Waals surface area contributed by atoms with Crippen molar-refractivity contribution in [3.05, 3.63) is 162 Å². The maximum absolute atomic E-state index is 6.76. The van der Waals surface area contributed by atoms with Crippen molar-refractivity contribution in [2.24, 2.45) is 0 Å². The summed E-state index contributed by atoms with van der Waals surface area (Å²) in [6, 6.07) is 47.8. The van der Waals surface area contributed by atoms with Crippen LogP contribution in [0, 0.1) is 0 Å². The van der Waals surface area contributed by atoms with Crippen LogP contribution in [0.25, 0.3) is 45.3 Å². The van der Waals surface area contributed by atoms with Gasteiger partial charge in [-0.15, -0.1) is 0 Å². The van der Waals surface area contributed by atoms with Gasteiger partial charge in [-0.25, -0.2) is 15.0 Å². The van der Waals surface area contributed by atoms with Gasteiger partial charge in [-0.05, 0) is 35.4 Å². The van der Waals surface area contributed by atoms with Gasteiger partial charge in [-0.3, -0.25) is 0 Å². The van der Waals surface area contributed by atoms with Crippen LogP contribution in [0.15, 0.2) is 140 Å². The second-order valence-electron chi connectivity index (χ2n) is 14.1. The van der Waals surface area contributed by atoms with Gasteiger partial charge in [0.05, 0.1) is 0 Å². The molecular formula is C45H35N3O2. The second kappa shape index (κ2) is 11.2. The zero-order chi connectivity index (χ0) is 34.0. The van der Waals surface area contributed by atoms with Crippen molar-refractivity contribution in [2.75, 3.05) is 0 Å². The van der Waals surface area contributed by atoms with Crippen molar-refractivity contribution in [3.8, 4) is 68.3 Å². The number of rotatable bonds is 4. The molecule has 0 unspecified atom stereocenters. The van der Waals surface area contributed by atoms with Crippen LogP contribution in [0.5, 0.6) is 23.0 Å². The molecule has 2 aliphatic heterocycles. The van der Waals surface area contributed by atoms with E-state index < -0.39 is 0 Å². The predicted octanol–water partition coefficient (Wildman–Crippen LogP) is 11.4. The number of hydrogen-bond acceptors (Lipinski definition) is 5. The van der Waals surface area contributed by atoms with Crippen LogP contribution in [0.1, 0.15) is 49.9 Å². The highest BCUT2D eigenvalue weighted by molar-refractivity contribution is 5.74. The maximum atomic E-state index is 6.76. The Morgan fingerprint density at radius 3 is 1.20 bits per heavy atom. The number of aromatic nitrogens is 3. The van der Waals surface area contributed by atoms with Crippen molar-refractivity contribution in [1.29, 1.82) is 0 Å². The molecule has 0 N–H and O–H groups in total. The van der Waals surface area contributed by atoms with Crippen molar-refractivity contribution in [1.82, 2.24) is 15.0 Å². The van der Waals surface area contributed by atoms with Crippen LogP contribution >= 0.6 is 0 Å². The molecule has 0 fully saturated rings. The zero-order valence-electron chi connectivity index (χ0n) is 28.4. The van der Waals surface area contributed by atoms with E-state index in [0.29, 0.717) is 17.5 Å². The van der Waals surface area contributed by atoms with Gasteiger partial charge < -0.3 is 9.47 Å². The van der Waals surface area contributed by atoms with Crippen molar-refractivity contribution < 1.29 is 9.47 Å². The molecule has 0 spiro atoms. The largest absolute Gasteiger partial charge is 0.457 e. The molecular weight excluding hydrogens is 615 g/mol. The lowest BCUT2D eigenvalue weighted by Gasteiger charge is -2.35. The lowest BCUT2D eigenvalue weighted by Crippen LogP contribution is -2.24. The molecule has 50 heavy (non-hydrogen) atoms. The third kappa shape index (κ3) is 4.88. The van der Waals surface area contributed by atoms with Crippen LogP contribution in [0.2, 0.25) is 0 Å². The molecule has 2 aliphatic rings. The summed E-state index contributed by atoms with van der Waals surface area (Å²) in [7, 11) is 0. The van der Waals surface area contributed by atoms with Crippen LogP contribution in [-0.2, 0) is 10.8 Å². The fraction of sp³-hybridized carbons (Fsp3) is 0.133. The molecule has 3 heterocycles. The zero-order valence-corrected chi connectivity index (χ0v) is 28.4. The molecule has 7 aromatic rings. The number of benzene rings is 6. The Balaban J connectivity index is 1.10. The van der Waals surface area contributed by atoms with Gasteiger partial charge in [-0.2, -0.15) is 0 Å². The van der Waals surface area contributed by atoms with E-state index >= 15 is 0 Å². The fourth-order valence-corrected chi connectivity index (χ4v) is 7.40. The van der Waals surface area contributed by atoms with Gasteiger partial charge in [0.25, 0.3) is 0 Å². The number of nitrogens with zero attached hydrogens (tertiary/aromatic N) is 3. The molecule has 5 nitrogen and oxygen atoms in total. The van der Waals surface area contributed by atoms with Crippen LogP contribution < -0.4 is 9.47 Å². The molecule has 0 saturated heterocycles. The molecule has 1 aromatic heterocycles. The SMILES string of the molecule is CC1(C)c2ccccc2Oc2cc(-c3ccc4c(c3)Oc3cc(-c5nc(-c6ccccc6)nc(-c6ccccc6)n5)ccc3C4(C)C)ccc21. The van der Waals surface area contributed by atoms with E-state index in [-0.39, 0.29) is 10.8 Å². The van der Waals surface area contributed by atoms with Crippen LogP contribution in [-0.4, -0.2) is 15.0 Å². The third-order valence-electron chi connectivity index (χ3n) is 10.3. The lowest BCUT2D eigenvalue weighted by atomic mass is 9.74. The maximum Gasteiger partial charge on any atom is 0.164 e. The Kier molecular flexibility index (Phi) is 6.75. The molecule has 0 bridgehead atoms. The fourth-order valence-electron chi connectivity index (χ4n) is 7.40. The van der Waals surface area contributed by atoms with Crippen molar-refractivity contribution in [2.45, 2.75) is 38.5 Å². The Morgan fingerprint density at radius 1 is 0.340 bits per heavy atom. The average molecular weight is 650 g/mol. The van der Waals surface area contributed by atoms with Gasteiger partial charge in [-0.1, -0.05) is 143 Å². The monoisotopic (exact) mass is 649 g/mol.